The fraction of sp³-hybridized carbons (Fsp3) is 0.138. The largest absolute Gasteiger partial charge is 0.507 e. The van der Waals surface area contributed by atoms with Gasteiger partial charge in [0.2, 0.25) is 0 Å². The van der Waals surface area contributed by atoms with Crippen LogP contribution in [0.5, 0.6) is 11.5 Å². The summed E-state index contributed by atoms with van der Waals surface area (Å²) in [6, 6.07) is 21.1. The Morgan fingerprint density at radius 1 is 1.03 bits per heavy atom. The van der Waals surface area contributed by atoms with E-state index in [9.17, 15) is 14.7 Å². The van der Waals surface area contributed by atoms with Crippen molar-refractivity contribution in [2.75, 3.05) is 12.0 Å². The number of aliphatic hydroxyl groups is 1. The SMILES string of the molecule is COc1cccc([C@H]2/C(=C(\O)c3ccc(OCc4cccc(C)c4)cc3)C(=O)C(=O)N2c2nccs2)c1. The summed E-state index contributed by atoms with van der Waals surface area (Å²) in [6.45, 7) is 2.43. The number of aryl methyl sites for hydroxylation is 1. The molecule has 5 rings (SSSR count). The molecule has 1 N–H and O–H groups in total. The number of rotatable bonds is 7. The molecule has 4 aromatic rings. The summed E-state index contributed by atoms with van der Waals surface area (Å²) in [5, 5.41) is 13.4. The van der Waals surface area contributed by atoms with Crippen LogP contribution in [0.3, 0.4) is 0 Å². The summed E-state index contributed by atoms with van der Waals surface area (Å²) < 4.78 is 11.2. The summed E-state index contributed by atoms with van der Waals surface area (Å²) in [7, 11) is 1.54. The Balaban J connectivity index is 1.50. The fourth-order valence-corrected chi connectivity index (χ4v) is 4.99. The number of benzene rings is 3. The topological polar surface area (TPSA) is 89.0 Å². The van der Waals surface area contributed by atoms with E-state index < -0.39 is 17.7 Å². The van der Waals surface area contributed by atoms with E-state index in [1.807, 2.05) is 25.1 Å². The summed E-state index contributed by atoms with van der Waals surface area (Å²) in [5.74, 6) is -0.610. The zero-order valence-electron chi connectivity index (χ0n) is 20.3. The fourth-order valence-electron chi connectivity index (χ4n) is 4.32. The van der Waals surface area contributed by atoms with Gasteiger partial charge in [0.05, 0.1) is 18.7 Å². The number of amides is 1. The third-order valence-corrected chi connectivity index (χ3v) is 6.87. The molecular weight excluding hydrogens is 488 g/mol. The minimum Gasteiger partial charge on any atom is -0.507 e. The molecule has 7 nitrogen and oxygen atoms in total. The van der Waals surface area contributed by atoms with Gasteiger partial charge in [-0.15, -0.1) is 11.3 Å². The van der Waals surface area contributed by atoms with Gasteiger partial charge in [0, 0.05) is 17.1 Å². The van der Waals surface area contributed by atoms with Gasteiger partial charge in [-0.3, -0.25) is 14.5 Å². The Morgan fingerprint density at radius 2 is 1.81 bits per heavy atom. The van der Waals surface area contributed by atoms with E-state index in [-0.39, 0.29) is 11.3 Å². The normalized spacial score (nSPS) is 16.7. The van der Waals surface area contributed by atoms with Crippen LogP contribution in [0, 0.1) is 6.92 Å². The summed E-state index contributed by atoms with van der Waals surface area (Å²) in [4.78, 5) is 31.9. The van der Waals surface area contributed by atoms with E-state index in [0.717, 1.165) is 11.1 Å². The first-order valence-electron chi connectivity index (χ1n) is 11.6. The molecule has 0 saturated carbocycles. The number of ether oxygens (including phenoxy) is 2. The molecule has 37 heavy (non-hydrogen) atoms. The molecule has 1 atom stereocenters. The van der Waals surface area contributed by atoms with Crippen molar-refractivity contribution in [1.82, 2.24) is 4.98 Å². The lowest BCUT2D eigenvalue weighted by Gasteiger charge is -2.23. The zero-order chi connectivity index (χ0) is 25.9. The summed E-state index contributed by atoms with van der Waals surface area (Å²) in [6.07, 6.45) is 1.57. The van der Waals surface area contributed by atoms with Crippen molar-refractivity contribution in [3.05, 3.63) is 112 Å². The van der Waals surface area contributed by atoms with Crippen LogP contribution in [0.4, 0.5) is 5.13 Å². The number of aromatic nitrogens is 1. The molecule has 1 aromatic heterocycles. The number of anilines is 1. The number of carbonyl (C=O) groups excluding carboxylic acids is 2. The number of ketones is 1. The Hall–Kier alpha value is -4.43. The van der Waals surface area contributed by atoms with E-state index in [0.29, 0.717) is 34.4 Å². The van der Waals surface area contributed by atoms with Crippen molar-refractivity contribution in [1.29, 1.82) is 0 Å². The number of hydrogen-bond donors (Lipinski definition) is 1. The van der Waals surface area contributed by atoms with Gasteiger partial charge < -0.3 is 14.6 Å². The van der Waals surface area contributed by atoms with Gasteiger partial charge in [0.25, 0.3) is 5.78 Å². The van der Waals surface area contributed by atoms with Gasteiger partial charge >= 0.3 is 5.91 Å². The molecule has 0 aliphatic carbocycles. The van der Waals surface area contributed by atoms with Crippen LogP contribution >= 0.6 is 11.3 Å². The third-order valence-electron chi connectivity index (χ3n) is 6.10. The second-order valence-electron chi connectivity index (χ2n) is 8.56. The second-order valence-corrected chi connectivity index (χ2v) is 9.44. The van der Waals surface area contributed by atoms with Crippen LogP contribution in [0.25, 0.3) is 5.76 Å². The van der Waals surface area contributed by atoms with Crippen molar-refractivity contribution in [2.45, 2.75) is 19.6 Å². The third kappa shape index (κ3) is 4.83. The predicted molar refractivity (Wildman–Crippen MR) is 142 cm³/mol. The smallest absolute Gasteiger partial charge is 0.301 e. The predicted octanol–water partition coefficient (Wildman–Crippen LogP) is 5.67. The van der Waals surface area contributed by atoms with E-state index >= 15 is 0 Å². The molecule has 1 saturated heterocycles. The molecule has 0 unspecified atom stereocenters. The van der Waals surface area contributed by atoms with E-state index in [2.05, 4.69) is 11.1 Å². The van der Waals surface area contributed by atoms with Gasteiger partial charge in [0.1, 0.15) is 23.9 Å². The lowest BCUT2D eigenvalue weighted by Crippen LogP contribution is -2.29. The number of aliphatic hydroxyl groups excluding tert-OH is 1. The lowest BCUT2D eigenvalue weighted by atomic mass is 9.95. The molecule has 0 spiro atoms. The Labute approximate surface area is 218 Å². The van der Waals surface area contributed by atoms with E-state index in [1.54, 1.807) is 67.2 Å². The van der Waals surface area contributed by atoms with Crippen molar-refractivity contribution in [2.24, 2.45) is 0 Å². The first-order chi connectivity index (χ1) is 18.0. The maximum Gasteiger partial charge on any atom is 0.301 e. The van der Waals surface area contributed by atoms with Gasteiger partial charge in [-0.1, -0.05) is 42.0 Å². The monoisotopic (exact) mass is 512 g/mol. The average molecular weight is 513 g/mol. The number of Topliss-reactive ketones (excluding diaryl/α,β-unsaturated/α-hetero) is 1. The first-order valence-corrected chi connectivity index (χ1v) is 12.5. The minimum atomic E-state index is -0.863. The van der Waals surface area contributed by atoms with Gasteiger partial charge in [-0.2, -0.15) is 0 Å². The molecule has 1 aliphatic heterocycles. The van der Waals surface area contributed by atoms with Gasteiger partial charge in [0.15, 0.2) is 5.13 Å². The Morgan fingerprint density at radius 3 is 2.51 bits per heavy atom. The molecule has 8 heteroatoms. The molecule has 1 aliphatic rings. The molecular formula is C29H24N2O5S. The molecule has 1 fully saturated rings. The van der Waals surface area contributed by atoms with Gasteiger partial charge in [-0.25, -0.2) is 4.98 Å². The highest BCUT2D eigenvalue weighted by Crippen LogP contribution is 2.43. The van der Waals surface area contributed by atoms with E-state index in [1.165, 1.54) is 16.2 Å². The number of nitrogens with zero attached hydrogens (tertiary/aromatic N) is 2. The summed E-state index contributed by atoms with van der Waals surface area (Å²) in [5.41, 5.74) is 3.21. The van der Waals surface area contributed by atoms with Crippen LogP contribution < -0.4 is 14.4 Å². The summed E-state index contributed by atoms with van der Waals surface area (Å²) >= 11 is 1.24. The quantitative estimate of drug-likeness (QED) is 0.195. The standard InChI is InChI=1S/C29H24N2O5S/c1-18-5-3-6-19(15-18)17-36-22-11-9-20(10-12-22)26(32)24-25(21-7-4-8-23(16-21)35-2)31(28(34)27(24)33)29-30-13-14-37-29/h3-16,25,32H,17H2,1-2H3/b26-24+/t25-/m0/s1. The Kier molecular flexibility index (Phi) is 6.74. The van der Waals surface area contributed by atoms with E-state index in [4.69, 9.17) is 9.47 Å². The maximum absolute atomic E-state index is 13.2. The molecule has 186 valence electrons. The van der Waals surface area contributed by atoms with Crippen LogP contribution in [0.1, 0.15) is 28.3 Å². The number of hydrogen-bond acceptors (Lipinski definition) is 7. The van der Waals surface area contributed by atoms with Crippen molar-refractivity contribution in [3.63, 3.8) is 0 Å². The van der Waals surface area contributed by atoms with Crippen LogP contribution in [-0.2, 0) is 16.2 Å². The first kappa shape index (κ1) is 24.3. The van der Waals surface area contributed by atoms with Crippen molar-refractivity contribution in [3.8, 4) is 11.5 Å². The van der Waals surface area contributed by atoms with Crippen LogP contribution in [0.2, 0.25) is 0 Å². The van der Waals surface area contributed by atoms with Crippen LogP contribution in [-0.4, -0.2) is 28.9 Å². The minimum absolute atomic E-state index is 0.0121. The maximum atomic E-state index is 13.2. The lowest BCUT2D eigenvalue weighted by molar-refractivity contribution is -0.132. The highest BCUT2D eigenvalue weighted by molar-refractivity contribution is 7.14. The van der Waals surface area contributed by atoms with Crippen molar-refractivity contribution < 1.29 is 24.2 Å². The molecule has 1 amide bonds. The zero-order valence-corrected chi connectivity index (χ0v) is 21.1. The number of carbonyl (C=O) groups is 2. The van der Waals surface area contributed by atoms with Crippen LogP contribution in [0.15, 0.2) is 89.9 Å². The molecule has 0 bridgehead atoms. The highest BCUT2D eigenvalue weighted by Gasteiger charge is 2.48. The van der Waals surface area contributed by atoms with Gasteiger partial charge in [-0.05, 0) is 54.4 Å². The van der Waals surface area contributed by atoms with Crippen molar-refractivity contribution >= 4 is 33.9 Å². The number of methoxy groups -OCH3 is 1. The molecule has 3 aromatic carbocycles. The highest BCUT2D eigenvalue weighted by atomic mass is 32.1. The molecule has 0 radical (unpaired) electrons. The second kappa shape index (κ2) is 10.3. The number of thiazole rings is 1. The Bertz CT molecular complexity index is 1480. The average Bonchev–Trinajstić information content (AvgIpc) is 3.54. The molecule has 2 heterocycles.